The van der Waals surface area contributed by atoms with E-state index in [0.29, 0.717) is 0 Å². The summed E-state index contributed by atoms with van der Waals surface area (Å²) in [7, 11) is 0. The van der Waals surface area contributed by atoms with Crippen LogP contribution in [0.4, 0.5) is 0 Å². The van der Waals surface area contributed by atoms with Crippen LogP contribution >= 0.6 is 0 Å². The first kappa shape index (κ1) is 37.1. The molecule has 3 heterocycles. The summed E-state index contributed by atoms with van der Waals surface area (Å²) in [6, 6.07) is 80.4. The van der Waals surface area contributed by atoms with Crippen molar-refractivity contribution in [2.45, 2.75) is 0 Å². The zero-order chi connectivity index (χ0) is 43.7. The van der Waals surface area contributed by atoms with Crippen LogP contribution < -0.4 is 0 Å². The van der Waals surface area contributed by atoms with Gasteiger partial charge in [-0.15, -0.1) is 0 Å². The van der Waals surface area contributed by atoms with Gasteiger partial charge < -0.3 is 4.42 Å². The van der Waals surface area contributed by atoms with E-state index in [0.717, 1.165) is 43.9 Å². The molecule has 0 atom stereocenters. The Morgan fingerprint density at radius 3 is 1.03 bits per heavy atom. The molecule has 3 aromatic heterocycles. The van der Waals surface area contributed by atoms with E-state index in [1.807, 2.05) is 12.1 Å². The van der Waals surface area contributed by atoms with E-state index < -0.39 is 0 Å². The molecule has 0 unspecified atom stereocenters. The Morgan fingerprint density at radius 2 is 0.582 bits per heavy atom. The first-order valence-corrected chi connectivity index (χ1v) is 24.6. The first-order valence-electron chi connectivity index (χ1n) is 22.9. The molecular formula is C64H36O2Se. The second-order valence-electron chi connectivity index (χ2n) is 17.8. The second-order valence-corrected chi connectivity index (χ2v) is 20.0. The van der Waals surface area contributed by atoms with Gasteiger partial charge in [-0.25, -0.2) is 0 Å². The Bertz CT molecular complexity index is 4470. The molecule has 0 spiro atoms. The first-order chi connectivity index (χ1) is 33.2. The van der Waals surface area contributed by atoms with E-state index in [1.165, 1.54) is 107 Å². The Morgan fingerprint density at radius 1 is 0.239 bits per heavy atom. The maximum atomic E-state index is 6.28. The van der Waals surface area contributed by atoms with Gasteiger partial charge >= 0.3 is 352 Å². The van der Waals surface area contributed by atoms with E-state index in [4.69, 9.17) is 8.83 Å². The molecule has 12 aromatic carbocycles. The van der Waals surface area contributed by atoms with Gasteiger partial charge in [0, 0.05) is 0 Å². The summed E-state index contributed by atoms with van der Waals surface area (Å²) < 4.78 is 15.4. The predicted octanol–water partition coefficient (Wildman–Crippen LogP) is 18.1. The van der Waals surface area contributed by atoms with E-state index in [9.17, 15) is 0 Å². The van der Waals surface area contributed by atoms with Crippen LogP contribution in [0.2, 0.25) is 0 Å². The zero-order valence-electron chi connectivity index (χ0n) is 36.0. The van der Waals surface area contributed by atoms with E-state index in [-0.39, 0.29) is 14.5 Å². The normalized spacial score (nSPS) is 12.2. The van der Waals surface area contributed by atoms with Gasteiger partial charge in [-0.2, -0.15) is 0 Å². The minimum atomic E-state index is 0.109. The van der Waals surface area contributed by atoms with Gasteiger partial charge in [0.05, 0.1) is 0 Å². The summed E-state index contributed by atoms with van der Waals surface area (Å²) >= 11 is 0.109. The molecule has 0 saturated carbocycles. The average molecular weight is 916 g/mol. The molecule has 15 rings (SSSR count). The summed E-state index contributed by atoms with van der Waals surface area (Å²) in [5, 5.41) is 17.3. The third-order valence-electron chi connectivity index (χ3n) is 14.2. The maximum absolute atomic E-state index is 6.28. The molecule has 0 radical (unpaired) electrons. The van der Waals surface area contributed by atoms with Gasteiger partial charge in [0.2, 0.25) is 0 Å². The fourth-order valence-electron chi connectivity index (χ4n) is 11.4. The quantitative estimate of drug-likeness (QED) is 0.130. The molecule has 15 aromatic rings. The summed E-state index contributed by atoms with van der Waals surface area (Å²) in [6.07, 6.45) is 0. The van der Waals surface area contributed by atoms with Gasteiger partial charge in [0.1, 0.15) is 5.58 Å². The van der Waals surface area contributed by atoms with Crippen molar-refractivity contribution in [3.05, 3.63) is 218 Å². The van der Waals surface area contributed by atoms with Gasteiger partial charge in [0.15, 0.2) is 0 Å². The van der Waals surface area contributed by atoms with Gasteiger partial charge in [-0.1, -0.05) is 24.3 Å². The average Bonchev–Trinajstić information content (AvgIpc) is 4.08. The van der Waals surface area contributed by atoms with E-state index >= 15 is 0 Å². The van der Waals surface area contributed by atoms with E-state index in [2.05, 4.69) is 206 Å². The summed E-state index contributed by atoms with van der Waals surface area (Å²) in [5.74, 6) is 0. The minimum absolute atomic E-state index is 0.109. The van der Waals surface area contributed by atoms with Crippen LogP contribution in [-0.2, 0) is 0 Å². The number of para-hydroxylation sites is 2. The Hall–Kier alpha value is -8.20. The fourth-order valence-corrected chi connectivity index (χ4v) is 13.9. The van der Waals surface area contributed by atoms with Gasteiger partial charge in [-0.3, -0.25) is 0 Å². The molecule has 0 fully saturated rings. The van der Waals surface area contributed by atoms with E-state index in [1.54, 1.807) is 0 Å². The Balaban J connectivity index is 0.936. The van der Waals surface area contributed by atoms with Crippen LogP contribution in [0, 0.1) is 0 Å². The van der Waals surface area contributed by atoms with Crippen LogP contribution in [0.15, 0.2) is 227 Å². The Labute approximate surface area is 390 Å². The zero-order valence-corrected chi connectivity index (χ0v) is 37.7. The predicted molar refractivity (Wildman–Crippen MR) is 285 cm³/mol. The standard InChI is InChI=1S/C64H36O2Se/c1-3-18-44-42(16-1)60(37-28-31-57-52(34-37)40-14-9-11-26-55(40)65-57)43-17-2-4-19-45(43)62(44)39-30-33-59-54(36-39)50-24-13-25-51(64(50)67-59)63-48-22-7-5-20-46(48)61(47-21-6-8-23-49(47)63)38-29-32-58-53(35-38)41-15-10-12-27-56(41)66-58/h1-36H. The van der Waals surface area contributed by atoms with Crippen molar-refractivity contribution in [3.63, 3.8) is 0 Å². The molecule has 0 amide bonds. The molecular weight excluding hydrogens is 880 g/mol. The molecule has 0 bridgehead atoms. The van der Waals surface area contributed by atoms with Crippen molar-refractivity contribution < 1.29 is 8.83 Å². The van der Waals surface area contributed by atoms with Gasteiger partial charge in [-0.05, 0) is 6.07 Å². The molecule has 3 heteroatoms. The van der Waals surface area contributed by atoms with Crippen molar-refractivity contribution in [2.24, 2.45) is 0 Å². The topological polar surface area (TPSA) is 26.3 Å². The summed E-state index contributed by atoms with van der Waals surface area (Å²) in [4.78, 5) is 0. The van der Waals surface area contributed by atoms with Crippen molar-refractivity contribution in [1.29, 1.82) is 0 Å². The molecule has 67 heavy (non-hydrogen) atoms. The van der Waals surface area contributed by atoms with Gasteiger partial charge in [0.25, 0.3) is 0 Å². The Kier molecular flexibility index (Phi) is 7.83. The van der Waals surface area contributed by atoms with Crippen LogP contribution in [0.3, 0.4) is 0 Å². The number of furan rings is 2. The number of hydrogen-bond acceptors (Lipinski definition) is 2. The molecule has 0 saturated heterocycles. The molecule has 310 valence electrons. The number of fused-ring (bicyclic) bond motifs is 13. The SMILES string of the molecule is c1ccc2c(c1)oc1ccc(-c3c4ccccc4c(-c4ccc5[se]c6c(-c7c8ccccc8c(-c8ccc9oc%10ccccc%10c9c8)c8ccccc78)cccc6c5c4)c4ccccc34)cc12. The number of benzene rings is 12. The summed E-state index contributed by atoms with van der Waals surface area (Å²) in [5.41, 5.74) is 13.7. The monoisotopic (exact) mass is 916 g/mol. The van der Waals surface area contributed by atoms with Crippen molar-refractivity contribution in [1.82, 2.24) is 0 Å². The van der Waals surface area contributed by atoms with Crippen LogP contribution in [0.5, 0.6) is 0 Å². The molecule has 2 nitrogen and oxygen atoms in total. The summed E-state index contributed by atoms with van der Waals surface area (Å²) in [6.45, 7) is 0. The molecule has 0 aliphatic rings. The second kappa shape index (κ2) is 14.1. The molecule has 0 aliphatic carbocycles. The number of rotatable bonds is 4. The molecule has 0 aliphatic heterocycles. The van der Waals surface area contributed by atoms with Crippen molar-refractivity contribution >= 4 is 121 Å². The van der Waals surface area contributed by atoms with Crippen molar-refractivity contribution in [3.8, 4) is 44.5 Å². The molecule has 0 N–H and O–H groups in total. The van der Waals surface area contributed by atoms with Crippen LogP contribution in [0.1, 0.15) is 0 Å². The fraction of sp³-hybridized carbons (Fsp3) is 0. The van der Waals surface area contributed by atoms with Crippen LogP contribution in [0.25, 0.3) is 151 Å². The number of hydrogen-bond donors (Lipinski definition) is 0. The van der Waals surface area contributed by atoms with Crippen LogP contribution in [-0.4, -0.2) is 14.5 Å². The van der Waals surface area contributed by atoms with Crippen molar-refractivity contribution in [2.75, 3.05) is 0 Å². The third kappa shape index (κ3) is 5.39. The third-order valence-corrected chi connectivity index (χ3v) is 16.8.